The van der Waals surface area contributed by atoms with Crippen LogP contribution in [0.5, 0.6) is 0 Å². The number of aromatic nitrogens is 1. The van der Waals surface area contributed by atoms with Gasteiger partial charge in [-0.05, 0) is 24.8 Å². The van der Waals surface area contributed by atoms with Gasteiger partial charge in [0.25, 0.3) is 0 Å². The van der Waals surface area contributed by atoms with Crippen LogP contribution in [-0.2, 0) is 0 Å². The van der Waals surface area contributed by atoms with E-state index in [0.717, 1.165) is 18.4 Å². The summed E-state index contributed by atoms with van der Waals surface area (Å²) in [6, 6.07) is 3.85. The summed E-state index contributed by atoms with van der Waals surface area (Å²) >= 11 is 0. The molecule has 0 saturated heterocycles. The van der Waals surface area contributed by atoms with Crippen LogP contribution in [-0.4, -0.2) is 4.98 Å². The largest absolute Gasteiger partial charge is 0.383 e. The van der Waals surface area contributed by atoms with Crippen molar-refractivity contribution >= 4 is 5.82 Å². The average Bonchev–Trinajstić information content (AvgIpc) is 2.15. The van der Waals surface area contributed by atoms with E-state index in [2.05, 4.69) is 18.8 Å². The molecule has 1 aromatic rings. The van der Waals surface area contributed by atoms with Gasteiger partial charge in [0.15, 0.2) is 0 Å². The number of rotatable bonds is 4. The standard InChI is InChI=1S/C11H19N3/c1-8(2)5-6-10(12)9-4-3-7-14-11(9)13/h3-4,7-8,10H,5-6,12H2,1-2H3,(H2,13,14)/t10-/m0/s1. The Kier molecular flexibility index (Phi) is 3.89. The zero-order valence-electron chi connectivity index (χ0n) is 8.90. The van der Waals surface area contributed by atoms with Crippen LogP contribution < -0.4 is 11.5 Å². The molecule has 0 aromatic carbocycles. The third-order valence-electron chi connectivity index (χ3n) is 2.33. The molecule has 4 N–H and O–H groups in total. The first-order valence-corrected chi connectivity index (χ1v) is 5.07. The Morgan fingerprint density at radius 2 is 2.07 bits per heavy atom. The van der Waals surface area contributed by atoms with Gasteiger partial charge in [-0.15, -0.1) is 0 Å². The number of anilines is 1. The fraction of sp³-hybridized carbons (Fsp3) is 0.545. The molecule has 3 nitrogen and oxygen atoms in total. The van der Waals surface area contributed by atoms with Gasteiger partial charge in [-0.3, -0.25) is 0 Å². The van der Waals surface area contributed by atoms with E-state index in [4.69, 9.17) is 11.5 Å². The maximum absolute atomic E-state index is 6.02. The third-order valence-corrected chi connectivity index (χ3v) is 2.33. The van der Waals surface area contributed by atoms with Crippen molar-refractivity contribution in [3.63, 3.8) is 0 Å². The topological polar surface area (TPSA) is 64.9 Å². The Hall–Kier alpha value is -1.09. The van der Waals surface area contributed by atoms with Crippen LogP contribution in [0.3, 0.4) is 0 Å². The monoisotopic (exact) mass is 193 g/mol. The van der Waals surface area contributed by atoms with Crippen LogP contribution in [0, 0.1) is 5.92 Å². The van der Waals surface area contributed by atoms with Crippen LogP contribution in [0.15, 0.2) is 18.3 Å². The minimum Gasteiger partial charge on any atom is -0.383 e. The van der Waals surface area contributed by atoms with Gasteiger partial charge in [-0.1, -0.05) is 19.9 Å². The molecule has 3 heteroatoms. The lowest BCUT2D eigenvalue weighted by atomic mass is 9.99. The van der Waals surface area contributed by atoms with Crippen molar-refractivity contribution < 1.29 is 0 Å². The summed E-state index contributed by atoms with van der Waals surface area (Å²) in [5, 5.41) is 0. The van der Waals surface area contributed by atoms with Crippen molar-refractivity contribution in [3.8, 4) is 0 Å². The van der Waals surface area contributed by atoms with Crippen LogP contribution in [0.1, 0.15) is 38.3 Å². The Morgan fingerprint density at radius 1 is 1.36 bits per heavy atom. The minimum absolute atomic E-state index is 0.0195. The Bertz CT molecular complexity index is 284. The SMILES string of the molecule is CC(C)CC[C@H](N)c1cccnc1N. The van der Waals surface area contributed by atoms with Crippen LogP contribution >= 0.6 is 0 Å². The molecule has 0 fully saturated rings. The number of hydrogen-bond donors (Lipinski definition) is 2. The number of pyridine rings is 1. The number of nitrogens with zero attached hydrogens (tertiary/aromatic N) is 1. The molecule has 0 aliphatic carbocycles. The van der Waals surface area contributed by atoms with Gasteiger partial charge in [0.05, 0.1) is 0 Å². The molecule has 1 heterocycles. The fourth-order valence-corrected chi connectivity index (χ4v) is 1.41. The molecule has 0 unspecified atom stereocenters. The van der Waals surface area contributed by atoms with Gasteiger partial charge < -0.3 is 11.5 Å². The van der Waals surface area contributed by atoms with E-state index in [0.29, 0.717) is 11.7 Å². The Morgan fingerprint density at radius 3 is 2.64 bits per heavy atom. The molecule has 0 aliphatic rings. The van der Waals surface area contributed by atoms with Gasteiger partial charge in [0.2, 0.25) is 0 Å². The second-order valence-electron chi connectivity index (χ2n) is 4.06. The van der Waals surface area contributed by atoms with Crippen LogP contribution in [0.4, 0.5) is 5.82 Å². The van der Waals surface area contributed by atoms with Crippen molar-refractivity contribution in [2.75, 3.05) is 5.73 Å². The molecule has 0 spiro atoms. The van der Waals surface area contributed by atoms with Gasteiger partial charge in [0.1, 0.15) is 5.82 Å². The molecule has 1 rings (SSSR count). The quantitative estimate of drug-likeness (QED) is 0.769. The van der Waals surface area contributed by atoms with E-state index in [9.17, 15) is 0 Å². The third kappa shape index (κ3) is 3.00. The molecule has 0 saturated carbocycles. The molecule has 0 aliphatic heterocycles. The summed E-state index contributed by atoms with van der Waals surface area (Å²) in [5.74, 6) is 1.24. The van der Waals surface area contributed by atoms with Gasteiger partial charge in [-0.25, -0.2) is 4.98 Å². The lowest BCUT2D eigenvalue weighted by molar-refractivity contribution is 0.507. The van der Waals surface area contributed by atoms with Crippen molar-refractivity contribution in [1.82, 2.24) is 4.98 Å². The highest BCUT2D eigenvalue weighted by Crippen LogP contribution is 2.21. The fourth-order valence-electron chi connectivity index (χ4n) is 1.41. The second kappa shape index (κ2) is 4.96. The number of nitrogen functional groups attached to an aromatic ring is 1. The van der Waals surface area contributed by atoms with Gasteiger partial charge in [0, 0.05) is 17.8 Å². The molecule has 0 amide bonds. The zero-order chi connectivity index (χ0) is 10.6. The van der Waals surface area contributed by atoms with Crippen molar-refractivity contribution in [2.45, 2.75) is 32.7 Å². The van der Waals surface area contributed by atoms with E-state index in [1.54, 1.807) is 6.20 Å². The molecule has 1 atom stereocenters. The zero-order valence-corrected chi connectivity index (χ0v) is 8.90. The predicted molar refractivity (Wildman–Crippen MR) is 59.6 cm³/mol. The van der Waals surface area contributed by atoms with Crippen molar-refractivity contribution in [2.24, 2.45) is 11.7 Å². The summed E-state index contributed by atoms with van der Waals surface area (Å²) in [4.78, 5) is 4.03. The molecule has 78 valence electrons. The first-order chi connectivity index (χ1) is 6.61. The first-order valence-electron chi connectivity index (χ1n) is 5.07. The molecular formula is C11H19N3. The van der Waals surface area contributed by atoms with Gasteiger partial charge >= 0.3 is 0 Å². The van der Waals surface area contributed by atoms with E-state index in [-0.39, 0.29) is 6.04 Å². The van der Waals surface area contributed by atoms with E-state index in [1.807, 2.05) is 12.1 Å². The second-order valence-corrected chi connectivity index (χ2v) is 4.06. The smallest absolute Gasteiger partial charge is 0.128 e. The van der Waals surface area contributed by atoms with Crippen LogP contribution in [0.25, 0.3) is 0 Å². The molecular weight excluding hydrogens is 174 g/mol. The molecule has 14 heavy (non-hydrogen) atoms. The summed E-state index contributed by atoms with van der Waals surface area (Å²) in [7, 11) is 0. The Labute approximate surface area is 85.5 Å². The highest BCUT2D eigenvalue weighted by Gasteiger charge is 2.10. The Balaban J connectivity index is 2.60. The predicted octanol–water partition coefficient (Wildman–Crippen LogP) is 2.10. The van der Waals surface area contributed by atoms with Gasteiger partial charge in [-0.2, -0.15) is 0 Å². The van der Waals surface area contributed by atoms with E-state index in [1.165, 1.54) is 0 Å². The summed E-state index contributed by atoms with van der Waals surface area (Å²) < 4.78 is 0. The molecule has 1 aromatic heterocycles. The normalized spacial score (nSPS) is 13.1. The molecule has 0 radical (unpaired) electrons. The first kappa shape index (κ1) is 11.0. The minimum atomic E-state index is 0.0195. The lowest BCUT2D eigenvalue weighted by Gasteiger charge is -2.14. The van der Waals surface area contributed by atoms with E-state index >= 15 is 0 Å². The lowest BCUT2D eigenvalue weighted by Crippen LogP contribution is -2.13. The van der Waals surface area contributed by atoms with Crippen LogP contribution in [0.2, 0.25) is 0 Å². The van der Waals surface area contributed by atoms with Crippen molar-refractivity contribution in [3.05, 3.63) is 23.9 Å². The summed E-state index contributed by atoms with van der Waals surface area (Å²) in [6.07, 6.45) is 3.77. The summed E-state index contributed by atoms with van der Waals surface area (Å²) in [5.41, 5.74) is 12.7. The maximum atomic E-state index is 6.02. The summed E-state index contributed by atoms with van der Waals surface area (Å²) in [6.45, 7) is 4.39. The average molecular weight is 193 g/mol. The molecule has 0 bridgehead atoms. The van der Waals surface area contributed by atoms with Crippen molar-refractivity contribution in [1.29, 1.82) is 0 Å². The maximum Gasteiger partial charge on any atom is 0.128 e. The highest BCUT2D eigenvalue weighted by atomic mass is 14.8. The highest BCUT2D eigenvalue weighted by molar-refractivity contribution is 5.40. The van der Waals surface area contributed by atoms with E-state index < -0.39 is 0 Å². The number of nitrogens with two attached hydrogens (primary N) is 2. The number of hydrogen-bond acceptors (Lipinski definition) is 3.